The van der Waals surface area contributed by atoms with E-state index in [0.29, 0.717) is 17.4 Å². The molecule has 1 saturated heterocycles. The molecular formula is C31H31N5O3S. The van der Waals surface area contributed by atoms with E-state index in [-0.39, 0.29) is 12.5 Å². The summed E-state index contributed by atoms with van der Waals surface area (Å²) in [6.07, 6.45) is 1.85. The summed E-state index contributed by atoms with van der Waals surface area (Å²) in [5, 5.41) is 9.81. The Bertz CT molecular complexity index is 1600. The average Bonchev–Trinajstić information content (AvgIpc) is 3.38. The smallest absolute Gasteiger partial charge is 0.262 e. The van der Waals surface area contributed by atoms with E-state index in [0.717, 1.165) is 53.6 Å². The quantitative estimate of drug-likeness (QED) is 0.314. The Morgan fingerprint density at radius 2 is 1.77 bits per heavy atom. The second-order valence-electron chi connectivity index (χ2n) is 10.1. The Balaban J connectivity index is 1.36. The zero-order valence-electron chi connectivity index (χ0n) is 22.5. The number of hydrogen-bond acceptors (Lipinski definition) is 7. The Hall–Kier alpha value is -4.21. The van der Waals surface area contributed by atoms with E-state index in [2.05, 4.69) is 60.5 Å². The highest BCUT2D eigenvalue weighted by molar-refractivity contribution is 7.07. The fourth-order valence-corrected chi connectivity index (χ4v) is 5.55. The van der Waals surface area contributed by atoms with Crippen LogP contribution in [-0.4, -0.2) is 49.7 Å². The molecule has 9 heteroatoms. The molecule has 0 unspecified atom stereocenters. The number of carbonyl (C=O) groups excluding carboxylic acids is 1. The summed E-state index contributed by atoms with van der Waals surface area (Å²) >= 11 is 1.52. The van der Waals surface area contributed by atoms with Crippen molar-refractivity contribution in [3.8, 4) is 17.0 Å². The van der Waals surface area contributed by atoms with Crippen LogP contribution in [0.4, 0.5) is 17.1 Å². The predicted octanol–water partition coefficient (Wildman–Crippen LogP) is 5.62. The number of nitrogens with one attached hydrogen (secondary N) is 1. The van der Waals surface area contributed by atoms with Crippen LogP contribution in [0.3, 0.4) is 0 Å². The molecule has 0 aliphatic carbocycles. The number of hydrogen-bond donors (Lipinski definition) is 1. The third-order valence-corrected chi connectivity index (χ3v) is 7.79. The Labute approximate surface area is 237 Å². The number of benzene rings is 3. The van der Waals surface area contributed by atoms with Crippen molar-refractivity contribution in [2.45, 2.75) is 19.8 Å². The summed E-state index contributed by atoms with van der Waals surface area (Å²) in [5.74, 6) is 0.950. The van der Waals surface area contributed by atoms with Crippen LogP contribution in [0.5, 0.6) is 5.75 Å². The topological polar surface area (TPSA) is 80.4 Å². The van der Waals surface area contributed by atoms with Crippen molar-refractivity contribution in [2.24, 2.45) is 10.1 Å². The zero-order valence-corrected chi connectivity index (χ0v) is 23.4. The van der Waals surface area contributed by atoms with Gasteiger partial charge in [-0.3, -0.25) is 4.79 Å². The van der Waals surface area contributed by atoms with Crippen molar-refractivity contribution in [3.05, 3.63) is 88.0 Å². The van der Waals surface area contributed by atoms with E-state index in [4.69, 9.17) is 19.6 Å². The van der Waals surface area contributed by atoms with Crippen LogP contribution in [0.1, 0.15) is 30.9 Å². The highest BCUT2D eigenvalue weighted by Gasteiger charge is 2.18. The molecule has 2 aliphatic rings. The highest BCUT2D eigenvalue weighted by atomic mass is 32.1. The lowest BCUT2D eigenvalue weighted by Crippen LogP contribution is -2.36. The van der Waals surface area contributed by atoms with Gasteiger partial charge in [0.2, 0.25) is 4.80 Å². The lowest BCUT2D eigenvalue weighted by molar-refractivity contribution is -0.118. The van der Waals surface area contributed by atoms with E-state index < -0.39 is 0 Å². The van der Waals surface area contributed by atoms with Crippen LogP contribution in [0.25, 0.3) is 11.3 Å². The largest absolute Gasteiger partial charge is 0.482 e. The molecule has 2 aliphatic heterocycles. The van der Waals surface area contributed by atoms with Gasteiger partial charge >= 0.3 is 0 Å². The molecule has 1 amide bonds. The average molecular weight is 554 g/mol. The molecule has 1 fully saturated rings. The minimum Gasteiger partial charge on any atom is -0.482 e. The van der Waals surface area contributed by atoms with Gasteiger partial charge in [0, 0.05) is 29.7 Å². The lowest BCUT2D eigenvalue weighted by Gasteiger charge is -2.28. The van der Waals surface area contributed by atoms with Crippen LogP contribution >= 0.6 is 11.3 Å². The van der Waals surface area contributed by atoms with Gasteiger partial charge in [-0.1, -0.05) is 38.1 Å². The first kappa shape index (κ1) is 26.0. The summed E-state index contributed by atoms with van der Waals surface area (Å²) in [4.78, 5) is 19.9. The normalized spacial score (nSPS) is 15.8. The minimum atomic E-state index is -0.165. The summed E-state index contributed by atoms with van der Waals surface area (Å²) in [7, 11) is 0. The third kappa shape index (κ3) is 5.71. The second kappa shape index (κ2) is 11.5. The highest BCUT2D eigenvalue weighted by Crippen LogP contribution is 2.33. The third-order valence-electron chi connectivity index (χ3n) is 6.97. The van der Waals surface area contributed by atoms with Gasteiger partial charge in [0.15, 0.2) is 6.61 Å². The zero-order chi connectivity index (χ0) is 27.5. The number of rotatable bonds is 6. The van der Waals surface area contributed by atoms with Crippen LogP contribution < -0.4 is 19.8 Å². The molecular weight excluding hydrogens is 522 g/mol. The number of morpholine rings is 1. The van der Waals surface area contributed by atoms with Gasteiger partial charge in [-0.05, 0) is 59.5 Å². The van der Waals surface area contributed by atoms with Crippen molar-refractivity contribution in [3.63, 3.8) is 0 Å². The molecule has 0 saturated carbocycles. The van der Waals surface area contributed by atoms with Crippen LogP contribution in [0.2, 0.25) is 0 Å². The van der Waals surface area contributed by atoms with E-state index in [1.54, 1.807) is 0 Å². The fraction of sp³-hybridized carbons (Fsp3) is 0.258. The first-order chi connectivity index (χ1) is 19.5. The molecule has 0 bridgehead atoms. The molecule has 8 nitrogen and oxygen atoms in total. The van der Waals surface area contributed by atoms with Gasteiger partial charge < -0.3 is 19.7 Å². The Morgan fingerprint density at radius 3 is 2.52 bits per heavy atom. The Morgan fingerprint density at radius 1 is 1.00 bits per heavy atom. The molecule has 3 aromatic carbocycles. The Kier molecular flexibility index (Phi) is 7.48. The first-order valence-corrected chi connectivity index (χ1v) is 14.3. The van der Waals surface area contributed by atoms with Gasteiger partial charge in [0.1, 0.15) is 5.75 Å². The maximum Gasteiger partial charge on any atom is 0.262 e. The fourth-order valence-electron chi connectivity index (χ4n) is 4.69. The van der Waals surface area contributed by atoms with E-state index >= 15 is 0 Å². The number of anilines is 2. The van der Waals surface area contributed by atoms with E-state index in [9.17, 15) is 4.79 Å². The summed E-state index contributed by atoms with van der Waals surface area (Å²) in [6.45, 7) is 7.70. The van der Waals surface area contributed by atoms with E-state index in [1.807, 2.05) is 46.6 Å². The maximum atomic E-state index is 11.9. The number of ether oxygens (including phenoxy) is 2. The molecule has 4 aromatic rings. The van der Waals surface area contributed by atoms with Crippen molar-refractivity contribution in [1.29, 1.82) is 0 Å². The monoisotopic (exact) mass is 553 g/mol. The molecule has 204 valence electrons. The molecule has 1 aromatic heterocycles. The summed E-state index contributed by atoms with van der Waals surface area (Å²) in [6, 6.07) is 22.5. The van der Waals surface area contributed by atoms with Crippen molar-refractivity contribution >= 4 is 40.5 Å². The number of carbonyl (C=O) groups is 1. The number of aromatic nitrogens is 1. The van der Waals surface area contributed by atoms with Gasteiger partial charge in [-0.15, -0.1) is 11.3 Å². The second-order valence-corrected chi connectivity index (χ2v) is 10.9. The molecule has 3 heterocycles. The number of thiazole rings is 1. The van der Waals surface area contributed by atoms with Gasteiger partial charge in [0.25, 0.3) is 5.91 Å². The van der Waals surface area contributed by atoms with Crippen molar-refractivity contribution in [1.82, 2.24) is 4.68 Å². The number of nitrogens with zero attached hydrogens (tertiary/aromatic N) is 4. The van der Waals surface area contributed by atoms with Crippen LogP contribution in [0.15, 0.2) is 82.2 Å². The van der Waals surface area contributed by atoms with Crippen LogP contribution in [-0.2, 0) is 9.53 Å². The summed E-state index contributed by atoms with van der Waals surface area (Å²) < 4.78 is 12.9. The minimum absolute atomic E-state index is 0.0258. The number of amides is 1. The molecule has 40 heavy (non-hydrogen) atoms. The molecule has 0 radical (unpaired) electrons. The molecule has 0 spiro atoms. The standard InChI is InChI=1S/C31H31N5O3S/c1-21(2)23-5-8-25(9-6-23)33-31-36(32-18-22-3-10-26(11-4-22)35-13-15-38-16-14-35)28(20-40-31)24-7-12-29-27(17-24)34-30(37)19-39-29/h3-12,17-18,20-21H,13-16,19H2,1-2H3,(H,34,37). The number of fused-ring (bicyclic) bond motifs is 1. The van der Waals surface area contributed by atoms with Crippen molar-refractivity contribution in [2.75, 3.05) is 43.1 Å². The molecule has 1 N–H and O–H groups in total. The van der Waals surface area contributed by atoms with E-state index in [1.165, 1.54) is 22.6 Å². The molecule has 6 rings (SSSR count). The predicted molar refractivity (Wildman–Crippen MR) is 160 cm³/mol. The van der Waals surface area contributed by atoms with Gasteiger partial charge in [0.05, 0.1) is 36.5 Å². The van der Waals surface area contributed by atoms with Crippen LogP contribution in [0, 0.1) is 0 Å². The first-order valence-electron chi connectivity index (χ1n) is 13.4. The van der Waals surface area contributed by atoms with Gasteiger partial charge in [-0.2, -0.15) is 5.10 Å². The van der Waals surface area contributed by atoms with Gasteiger partial charge in [-0.25, -0.2) is 9.67 Å². The summed E-state index contributed by atoms with van der Waals surface area (Å²) in [5.41, 5.74) is 6.72. The van der Waals surface area contributed by atoms with Crippen molar-refractivity contribution < 1.29 is 14.3 Å². The lowest BCUT2D eigenvalue weighted by atomic mass is 10.0. The SMILES string of the molecule is CC(C)c1ccc(N=c2scc(-c3ccc4c(c3)NC(=O)CO4)n2N=Cc2ccc(N3CCOCC3)cc2)cc1. The maximum absolute atomic E-state index is 11.9. The molecule has 0 atom stereocenters.